The highest BCUT2D eigenvalue weighted by Gasteiger charge is 2.51. The highest BCUT2D eigenvalue weighted by Crippen LogP contribution is 2.47. The molecule has 6 N–H and O–H groups in total. The van der Waals surface area contributed by atoms with E-state index in [-0.39, 0.29) is 13.0 Å². The van der Waals surface area contributed by atoms with Gasteiger partial charge in [-0.1, -0.05) is 167 Å². The Morgan fingerprint density at radius 2 is 0.824 bits per heavy atom. The quantitative estimate of drug-likeness (QED) is 0.0148. The fraction of sp³-hybridized carbons (Fsp3) is 0.582. The molecule has 0 aromatic rings. The lowest BCUT2D eigenvalue weighted by molar-refractivity contribution is -0.220. The van der Waals surface area contributed by atoms with Crippen molar-refractivity contribution in [3.05, 3.63) is 134 Å². The smallest absolute Gasteiger partial charge is 0.457 e. The second kappa shape index (κ2) is 43.5. The third-order valence-corrected chi connectivity index (χ3v) is 11.5. The molecule has 0 aliphatic heterocycles. The van der Waals surface area contributed by atoms with Gasteiger partial charge in [0.15, 0.2) is 0 Å². The maximum atomic E-state index is 12.9. The van der Waals surface area contributed by atoms with Gasteiger partial charge < -0.3 is 39.9 Å². The fourth-order valence-corrected chi connectivity index (χ4v) is 7.60. The lowest BCUT2D eigenvalue weighted by Gasteiger charge is -2.41. The first kappa shape index (κ1) is 62.5. The van der Waals surface area contributed by atoms with Crippen molar-refractivity contribution in [1.29, 1.82) is 0 Å². The van der Waals surface area contributed by atoms with Gasteiger partial charge in [0.1, 0.15) is 42.7 Å². The zero-order valence-corrected chi connectivity index (χ0v) is 42.0. The first-order valence-corrected chi connectivity index (χ1v) is 26.5. The average Bonchev–Trinajstić information content (AvgIpc) is 3.32. The number of rotatable bonds is 40. The second-order valence-corrected chi connectivity index (χ2v) is 18.0. The highest BCUT2D eigenvalue weighted by molar-refractivity contribution is 7.47. The Morgan fingerprint density at radius 1 is 0.471 bits per heavy atom. The van der Waals surface area contributed by atoms with Crippen LogP contribution < -0.4 is 0 Å². The molecular weight excluding hydrogens is 884 g/mol. The van der Waals surface area contributed by atoms with E-state index in [2.05, 4.69) is 148 Å². The summed E-state index contributed by atoms with van der Waals surface area (Å²) < 4.78 is 34.2. The van der Waals surface area contributed by atoms with E-state index >= 15 is 0 Å². The molecule has 13 heteroatoms. The molecular formula is C55H87O12P. The molecule has 12 nitrogen and oxygen atoms in total. The fourth-order valence-electron chi connectivity index (χ4n) is 6.63. The predicted octanol–water partition coefficient (Wildman–Crippen LogP) is 11.2. The maximum absolute atomic E-state index is 12.9. The van der Waals surface area contributed by atoms with Crippen LogP contribution in [0.5, 0.6) is 0 Å². The van der Waals surface area contributed by atoms with Gasteiger partial charge in [0, 0.05) is 13.0 Å². The van der Waals surface area contributed by atoms with Crippen molar-refractivity contribution in [3.63, 3.8) is 0 Å². The summed E-state index contributed by atoms with van der Waals surface area (Å²) in [5.41, 5.74) is 0. The van der Waals surface area contributed by atoms with Crippen LogP contribution in [0, 0.1) is 0 Å². The Morgan fingerprint density at radius 3 is 1.25 bits per heavy atom. The van der Waals surface area contributed by atoms with Gasteiger partial charge >= 0.3 is 13.8 Å². The van der Waals surface area contributed by atoms with Gasteiger partial charge in [-0.05, 0) is 103 Å². The monoisotopic (exact) mass is 971 g/mol. The topological polar surface area (TPSA) is 192 Å². The van der Waals surface area contributed by atoms with Crippen LogP contribution >= 0.6 is 7.82 Å². The number of aliphatic hydroxyl groups excluding tert-OH is 5. The molecule has 1 aliphatic carbocycles. The van der Waals surface area contributed by atoms with Gasteiger partial charge in [-0.15, -0.1) is 0 Å². The summed E-state index contributed by atoms with van der Waals surface area (Å²) in [6.07, 6.45) is 52.3. The summed E-state index contributed by atoms with van der Waals surface area (Å²) in [6, 6.07) is 0. The number of esters is 1. The lowest BCUT2D eigenvalue weighted by Crippen LogP contribution is -2.64. The van der Waals surface area contributed by atoms with Crippen molar-refractivity contribution in [2.75, 3.05) is 19.8 Å². The number of carbonyl (C=O) groups is 1. The van der Waals surface area contributed by atoms with E-state index in [1.165, 1.54) is 0 Å². The van der Waals surface area contributed by atoms with Gasteiger partial charge in [0.25, 0.3) is 0 Å². The maximum Gasteiger partial charge on any atom is 0.472 e. The molecule has 1 saturated carbocycles. The Kier molecular flexibility index (Phi) is 40.0. The van der Waals surface area contributed by atoms with Crippen molar-refractivity contribution in [1.82, 2.24) is 0 Å². The van der Waals surface area contributed by atoms with Gasteiger partial charge in [-0.3, -0.25) is 13.8 Å². The third kappa shape index (κ3) is 34.7. The molecule has 1 fully saturated rings. The van der Waals surface area contributed by atoms with Gasteiger partial charge in [-0.2, -0.15) is 0 Å². The Labute approximate surface area is 409 Å². The number of hydrogen-bond donors (Lipinski definition) is 6. The van der Waals surface area contributed by atoms with Crippen LogP contribution in [0.2, 0.25) is 0 Å². The van der Waals surface area contributed by atoms with Crippen LogP contribution in [0.3, 0.4) is 0 Å². The molecule has 0 aromatic carbocycles. The zero-order chi connectivity index (χ0) is 49.8. The van der Waals surface area contributed by atoms with Crippen LogP contribution in [0.15, 0.2) is 134 Å². The summed E-state index contributed by atoms with van der Waals surface area (Å²) >= 11 is 0. The van der Waals surface area contributed by atoms with Crippen molar-refractivity contribution in [2.24, 2.45) is 0 Å². The van der Waals surface area contributed by atoms with Gasteiger partial charge in [0.2, 0.25) is 0 Å². The van der Waals surface area contributed by atoms with E-state index in [0.29, 0.717) is 19.4 Å². The minimum atomic E-state index is -5.06. The summed E-state index contributed by atoms with van der Waals surface area (Å²) in [5, 5.41) is 50.3. The zero-order valence-electron chi connectivity index (χ0n) is 41.1. The normalized spacial score (nSPS) is 22.3. The average molecular weight is 971 g/mol. The van der Waals surface area contributed by atoms with Crippen LogP contribution in [-0.4, -0.2) is 98.9 Å². The van der Waals surface area contributed by atoms with E-state index < -0.39 is 63.1 Å². The van der Waals surface area contributed by atoms with Crippen molar-refractivity contribution in [3.8, 4) is 0 Å². The van der Waals surface area contributed by atoms with E-state index in [4.69, 9.17) is 18.5 Å². The SMILES string of the molecule is CC/C=C\C/C=C\C/C=C\C/C=C\C/C=C\C/C=C\CCCOCC(COP(=O)(O)OC1C(O)C(O)C(O)C(O)C1O)OC(=O)CCCCCCC/C=C\C/C=C\C/C=C\C/C=C\C/C=C\CC. The molecule has 1 aliphatic rings. The summed E-state index contributed by atoms with van der Waals surface area (Å²) in [7, 11) is -5.06. The van der Waals surface area contributed by atoms with Crippen LogP contribution in [0.1, 0.15) is 142 Å². The first-order valence-electron chi connectivity index (χ1n) is 25.0. The molecule has 0 spiro atoms. The summed E-state index contributed by atoms with van der Waals surface area (Å²) in [6.45, 7) is 3.84. The van der Waals surface area contributed by atoms with Gasteiger partial charge in [0.05, 0.1) is 13.2 Å². The largest absolute Gasteiger partial charge is 0.472 e. The predicted molar refractivity (Wildman–Crippen MR) is 276 cm³/mol. The highest BCUT2D eigenvalue weighted by atomic mass is 31.2. The number of aliphatic hydroxyl groups is 5. The molecule has 0 heterocycles. The molecule has 0 bridgehead atoms. The number of ether oxygens (including phenoxy) is 2. The number of unbranched alkanes of at least 4 members (excludes halogenated alkanes) is 6. The van der Waals surface area contributed by atoms with Gasteiger partial charge in [-0.25, -0.2) is 4.57 Å². The molecule has 6 atom stereocenters. The summed E-state index contributed by atoms with van der Waals surface area (Å²) in [5.74, 6) is -0.522. The van der Waals surface area contributed by atoms with Crippen molar-refractivity contribution in [2.45, 2.75) is 185 Å². The van der Waals surface area contributed by atoms with E-state index in [9.17, 15) is 39.8 Å². The Hall–Kier alpha value is -3.52. The van der Waals surface area contributed by atoms with Crippen molar-refractivity contribution >= 4 is 13.8 Å². The molecule has 384 valence electrons. The minimum Gasteiger partial charge on any atom is -0.457 e. The number of allylic oxidation sites excluding steroid dienone is 22. The Balaban J connectivity index is 2.44. The molecule has 0 aromatic heterocycles. The number of phosphoric ester groups is 1. The molecule has 6 unspecified atom stereocenters. The molecule has 0 amide bonds. The molecule has 1 rings (SSSR count). The van der Waals surface area contributed by atoms with Crippen LogP contribution in [0.25, 0.3) is 0 Å². The standard InChI is InChI=1S/C55H87O12P/c1-3-5-7-9-11-13-15-17-19-21-23-25-26-28-30-32-34-36-38-40-42-44-49(56)66-48(47-65-68(62,63)67-55-53(60)51(58)50(57)52(59)54(55)61)46-64-45-43-41-39-37-35-33-31-29-27-24-22-20-18-16-14-12-10-8-6-4-2/h5-8,11-14,17-20,23-25,27-28,30-31,33,37,39,48,50-55,57-61H,3-4,9-10,15-16,21-22,26,29,32,34-36,38,40-47H2,1-2H3,(H,62,63)/b7-5-,8-6-,13-11-,14-12-,19-17-,20-18-,25-23-,27-24-,30-28-,33-31-,39-37-. The molecule has 0 saturated heterocycles. The number of phosphoric acid groups is 1. The van der Waals surface area contributed by atoms with Crippen LogP contribution in [-0.2, 0) is 27.9 Å². The van der Waals surface area contributed by atoms with E-state index in [0.717, 1.165) is 109 Å². The third-order valence-electron chi connectivity index (χ3n) is 10.5. The van der Waals surface area contributed by atoms with Crippen LogP contribution in [0.4, 0.5) is 0 Å². The Bertz CT molecular complexity index is 1620. The summed E-state index contributed by atoms with van der Waals surface area (Å²) in [4.78, 5) is 23.2. The van der Waals surface area contributed by atoms with E-state index in [1.807, 2.05) is 0 Å². The van der Waals surface area contributed by atoms with E-state index in [1.54, 1.807) is 0 Å². The van der Waals surface area contributed by atoms with Crippen molar-refractivity contribution < 1.29 is 58.3 Å². The molecule has 68 heavy (non-hydrogen) atoms. The number of hydrogen-bond acceptors (Lipinski definition) is 11. The lowest BCUT2D eigenvalue weighted by atomic mass is 9.85. The minimum absolute atomic E-state index is 0.135. The first-order chi connectivity index (χ1) is 33.0. The molecule has 0 radical (unpaired) electrons. The second-order valence-electron chi connectivity index (χ2n) is 16.5. The number of carbonyl (C=O) groups excluding carboxylic acids is 1.